The largest absolute Gasteiger partial charge is 0.449 e. The summed E-state index contributed by atoms with van der Waals surface area (Å²) >= 11 is 0. The number of sulfonamides is 1. The first-order valence-corrected chi connectivity index (χ1v) is 12.4. The fourth-order valence-corrected chi connectivity index (χ4v) is 6.12. The Labute approximate surface area is 184 Å². The van der Waals surface area contributed by atoms with E-state index in [0.29, 0.717) is 17.2 Å². The number of hydrogen-bond donors (Lipinski definition) is 2. The lowest BCUT2D eigenvalue weighted by atomic mass is 9.93. The van der Waals surface area contributed by atoms with Gasteiger partial charge in [-0.3, -0.25) is 5.32 Å². The van der Waals surface area contributed by atoms with E-state index >= 15 is 0 Å². The standard InChI is InChI=1S/C24H30N2O4S/c1-16(2)15-30-24(27)25-21-11-10-17-12-18-8-9-19(13-20(17)14-21)23(18)26-31(28,29)22-6-4-3-5-7-22/h3-7,10-11,14,16,18-19,23,26H,8-9,12-13,15H2,1-2H3,(H,25,27). The molecule has 3 atom stereocenters. The van der Waals surface area contributed by atoms with Crippen LogP contribution in [0.15, 0.2) is 53.4 Å². The highest BCUT2D eigenvalue weighted by molar-refractivity contribution is 7.89. The molecule has 2 bridgehead atoms. The summed E-state index contributed by atoms with van der Waals surface area (Å²) in [5, 5.41) is 2.81. The lowest BCUT2D eigenvalue weighted by Gasteiger charge is -2.23. The van der Waals surface area contributed by atoms with Crippen molar-refractivity contribution in [3.05, 3.63) is 59.7 Å². The van der Waals surface area contributed by atoms with Crippen molar-refractivity contribution in [2.45, 2.75) is 50.5 Å². The molecule has 2 N–H and O–H groups in total. The summed E-state index contributed by atoms with van der Waals surface area (Å²) in [6, 6.07) is 14.4. The van der Waals surface area contributed by atoms with Crippen LogP contribution >= 0.6 is 0 Å². The zero-order chi connectivity index (χ0) is 22.0. The molecule has 0 heterocycles. The highest BCUT2D eigenvalue weighted by Gasteiger charge is 2.41. The molecule has 166 valence electrons. The van der Waals surface area contributed by atoms with Crippen molar-refractivity contribution in [1.29, 1.82) is 0 Å². The Kier molecular flexibility index (Phi) is 6.34. The molecule has 7 heteroatoms. The van der Waals surface area contributed by atoms with Crippen molar-refractivity contribution >= 4 is 21.8 Å². The Morgan fingerprint density at radius 3 is 2.39 bits per heavy atom. The molecule has 2 aromatic rings. The van der Waals surface area contributed by atoms with Crippen LogP contribution in [0.4, 0.5) is 10.5 Å². The third-order valence-corrected chi connectivity index (χ3v) is 7.71. The van der Waals surface area contributed by atoms with Gasteiger partial charge in [0.15, 0.2) is 0 Å². The van der Waals surface area contributed by atoms with E-state index < -0.39 is 16.1 Å². The molecule has 1 saturated carbocycles. The summed E-state index contributed by atoms with van der Waals surface area (Å²) < 4.78 is 34.1. The number of ether oxygens (including phenoxy) is 1. The molecule has 0 saturated heterocycles. The molecule has 1 fully saturated rings. The SMILES string of the molecule is CC(C)COC(=O)Nc1ccc2c(c1)CC1CCC(C2)C1NS(=O)(=O)c1ccccc1. The number of carbonyl (C=O) groups excluding carboxylic acids is 1. The van der Waals surface area contributed by atoms with Crippen molar-refractivity contribution in [3.8, 4) is 0 Å². The Hall–Kier alpha value is -2.38. The third kappa shape index (κ3) is 5.10. The minimum absolute atomic E-state index is 0.0787. The van der Waals surface area contributed by atoms with Crippen molar-refractivity contribution < 1.29 is 17.9 Å². The van der Waals surface area contributed by atoms with Gasteiger partial charge >= 0.3 is 6.09 Å². The Balaban J connectivity index is 1.48. The Bertz CT molecular complexity index is 1040. The molecule has 3 unspecified atom stereocenters. The van der Waals surface area contributed by atoms with Crippen LogP contribution in [0.3, 0.4) is 0 Å². The lowest BCUT2D eigenvalue weighted by Crippen LogP contribution is -2.41. The van der Waals surface area contributed by atoms with Gasteiger partial charge in [0, 0.05) is 11.7 Å². The van der Waals surface area contributed by atoms with Crippen LogP contribution < -0.4 is 10.0 Å². The number of carbonyl (C=O) groups is 1. The molecule has 2 aliphatic rings. The Morgan fingerprint density at radius 2 is 1.71 bits per heavy atom. The second-order valence-electron chi connectivity index (χ2n) is 9.07. The van der Waals surface area contributed by atoms with Gasteiger partial charge < -0.3 is 4.74 Å². The molecule has 31 heavy (non-hydrogen) atoms. The Morgan fingerprint density at radius 1 is 1.03 bits per heavy atom. The molecule has 4 rings (SSSR count). The number of nitrogens with one attached hydrogen (secondary N) is 2. The van der Waals surface area contributed by atoms with Gasteiger partial charge in [0.1, 0.15) is 0 Å². The predicted molar refractivity (Wildman–Crippen MR) is 120 cm³/mol. The van der Waals surface area contributed by atoms with Gasteiger partial charge in [-0.2, -0.15) is 0 Å². The minimum Gasteiger partial charge on any atom is -0.449 e. The molecule has 1 amide bonds. The molecule has 0 aromatic heterocycles. The number of anilines is 1. The fraction of sp³-hybridized carbons (Fsp3) is 0.458. The lowest BCUT2D eigenvalue weighted by molar-refractivity contribution is 0.147. The first kappa shape index (κ1) is 21.8. The number of amides is 1. The van der Waals surface area contributed by atoms with E-state index in [1.165, 1.54) is 11.1 Å². The van der Waals surface area contributed by atoms with Crippen LogP contribution in [0.1, 0.15) is 37.8 Å². The molecular weight excluding hydrogens is 412 g/mol. The molecule has 2 aromatic carbocycles. The van der Waals surface area contributed by atoms with E-state index in [4.69, 9.17) is 4.74 Å². The van der Waals surface area contributed by atoms with Gasteiger partial charge in [-0.05, 0) is 78.8 Å². The predicted octanol–water partition coefficient (Wildman–Crippen LogP) is 4.36. The van der Waals surface area contributed by atoms with Crippen LogP contribution in [-0.4, -0.2) is 27.2 Å². The highest BCUT2D eigenvalue weighted by Crippen LogP contribution is 2.41. The van der Waals surface area contributed by atoms with E-state index in [9.17, 15) is 13.2 Å². The summed E-state index contributed by atoms with van der Waals surface area (Å²) in [5.41, 5.74) is 3.13. The van der Waals surface area contributed by atoms with E-state index in [0.717, 1.165) is 25.7 Å². The van der Waals surface area contributed by atoms with Crippen LogP contribution in [-0.2, 0) is 27.6 Å². The number of fused-ring (bicyclic) bond motifs is 3. The van der Waals surface area contributed by atoms with Crippen molar-refractivity contribution in [2.75, 3.05) is 11.9 Å². The topological polar surface area (TPSA) is 84.5 Å². The summed E-state index contributed by atoms with van der Waals surface area (Å²) in [6.45, 7) is 4.37. The molecule has 6 nitrogen and oxygen atoms in total. The van der Waals surface area contributed by atoms with Gasteiger partial charge in [-0.25, -0.2) is 17.9 Å². The number of rotatable bonds is 6. The van der Waals surface area contributed by atoms with Gasteiger partial charge in [0.2, 0.25) is 10.0 Å². The fourth-order valence-electron chi connectivity index (χ4n) is 4.72. The summed E-state index contributed by atoms with van der Waals surface area (Å²) in [7, 11) is -3.55. The van der Waals surface area contributed by atoms with Crippen LogP contribution in [0.5, 0.6) is 0 Å². The molecule has 0 aliphatic heterocycles. The maximum Gasteiger partial charge on any atom is 0.411 e. The van der Waals surface area contributed by atoms with E-state index in [-0.39, 0.29) is 23.8 Å². The van der Waals surface area contributed by atoms with Crippen LogP contribution in [0, 0.1) is 17.8 Å². The molecular formula is C24H30N2O4S. The second-order valence-corrected chi connectivity index (χ2v) is 10.8. The third-order valence-electron chi connectivity index (χ3n) is 6.23. The van der Waals surface area contributed by atoms with E-state index in [1.54, 1.807) is 24.3 Å². The number of hydrogen-bond acceptors (Lipinski definition) is 4. The zero-order valence-electron chi connectivity index (χ0n) is 18.0. The second kappa shape index (κ2) is 9.01. The summed E-state index contributed by atoms with van der Waals surface area (Å²) in [5.74, 6) is 0.803. The first-order chi connectivity index (χ1) is 14.8. The summed E-state index contributed by atoms with van der Waals surface area (Å²) in [4.78, 5) is 12.3. The minimum atomic E-state index is -3.55. The smallest absolute Gasteiger partial charge is 0.411 e. The van der Waals surface area contributed by atoms with Gasteiger partial charge in [-0.15, -0.1) is 0 Å². The first-order valence-electron chi connectivity index (χ1n) is 10.9. The van der Waals surface area contributed by atoms with Crippen LogP contribution in [0.25, 0.3) is 0 Å². The molecule has 0 radical (unpaired) electrons. The summed E-state index contributed by atoms with van der Waals surface area (Å²) in [6.07, 6.45) is 3.21. The number of benzene rings is 2. The van der Waals surface area contributed by atoms with E-state index in [1.807, 2.05) is 32.0 Å². The average molecular weight is 443 g/mol. The quantitative estimate of drug-likeness (QED) is 0.696. The average Bonchev–Trinajstić information content (AvgIpc) is 3.01. The molecule has 0 spiro atoms. The van der Waals surface area contributed by atoms with Crippen molar-refractivity contribution in [1.82, 2.24) is 4.72 Å². The van der Waals surface area contributed by atoms with Crippen molar-refractivity contribution in [3.63, 3.8) is 0 Å². The van der Waals surface area contributed by atoms with E-state index in [2.05, 4.69) is 16.1 Å². The maximum atomic E-state index is 12.9. The van der Waals surface area contributed by atoms with Gasteiger partial charge in [0.05, 0.1) is 11.5 Å². The highest BCUT2D eigenvalue weighted by atomic mass is 32.2. The normalized spacial score (nSPS) is 22.6. The van der Waals surface area contributed by atoms with Crippen LogP contribution in [0.2, 0.25) is 0 Å². The zero-order valence-corrected chi connectivity index (χ0v) is 18.8. The molecule has 2 aliphatic carbocycles. The van der Waals surface area contributed by atoms with Gasteiger partial charge in [0.25, 0.3) is 0 Å². The van der Waals surface area contributed by atoms with Crippen molar-refractivity contribution in [2.24, 2.45) is 17.8 Å². The van der Waals surface area contributed by atoms with Gasteiger partial charge in [-0.1, -0.05) is 38.1 Å². The monoisotopic (exact) mass is 442 g/mol. The maximum absolute atomic E-state index is 12.9.